The summed E-state index contributed by atoms with van der Waals surface area (Å²) in [5, 5.41) is 0.983. The first-order valence-corrected chi connectivity index (χ1v) is 10.4. The van der Waals surface area contributed by atoms with Crippen molar-refractivity contribution in [2.24, 2.45) is 0 Å². The summed E-state index contributed by atoms with van der Waals surface area (Å²) in [6, 6.07) is 20.6. The van der Waals surface area contributed by atoms with Gasteiger partial charge in [-0.2, -0.15) is 0 Å². The molecule has 4 rings (SSSR count). The van der Waals surface area contributed by atoms with Gasteiger partial charge in [-0.25, -0.2) is 0 Å². The van der Waals surface area contributed by atoms with Crippen LogP contribution in [0.15, 0.2) is 86.0 Å². The molecule has 0 aliphatic carbocycles. The van der Waals surface area contributed by atoms with E-state index in [0.717, 1.165) is 27.3 Å². The standard InChI is InChI=1S/C21H14ClNO3S2/c22-15-6-4-5-14(11-15)13-23-20(24)18(28-21(23)25)12-16-9-10-19(26-16)27-17-7-2-1-3-8-17/h1-12H,13H2/b18-12-. The summed E-state index contributed by atoms with van der Waals surface area (Å²) >= 11 is 8.39. The molecule has 0 bridgehead atoms. The molecule has 4 nitrogen and oxygen atoms in total. The monoisotopic (exact) mass is 427 g/mol. The molecule has 0 atom stereocenters. The van der Waals surface area contributed by atoms with Crippen LogP contribution in [0.3, 0.4) is 0 Å². The fourth-order valence-electron chi connectivity index (χ4n) is 2.65. The van der Waals surface area contributed by atoms with Gasteiger partial charge >= 0.3 is 0 Å². The van der Waals surface area contributed by atoms with Crippen molar-refractivity contribution in [2.75, 3.05) is 0 Å². The number of nitrogens with zero attached hydrogens (tertiary/aromatic N) is 1. The Morgan fingerprint density at radius 3 is 2.64 bits per heavy atom. The third kappa shape index (κ3) is 4.35. The summed E-state index contributed by atoms with van der Waals surface area (Å²) in [6.45, 7) is 0.190. The average molecular weight is 428 g/mol. The highest BCUT2D eigenvalue weighted by Crippen LogP contribution is 2.35. The molecule has 1 saturated heterocycles. The SMILES string of the molecule is O=C1S/C(=C\c2ccc(Sc3ccccc3)o2)C(=O)N1Cc1cccc(Cl)c1. The van der Waals surface area contributed by atoms with Crippen molar-refractivity contribution < 1.29 is 14.0 Å². The van der Waals surface area contributed by atoms with Crippen LogP contribution in [0.5, 0.6) is 0 Å². The number of hydrogen-bond acceptors (Lipinski definition) is 5. The molecule has 3 aromatic rings. The Balaban J connectivity index is 1.48. The zero-order valence-corrected chi connectivity index (χ0v) is 16.9. The van der Waals surface area contributed by atoms with Crippen LogP contribution in [0.4, 0.5) is 4.79 Å². The van der Waals surface area contributed by atoms with E-state index >= 15 is 0 Å². The maximum absolute atomic E-state index is 12.6. The Kier molecular flexibility index (Phi) is 5.62. The molecule has 2 heterocycles. The first-order valence-electron chi connectivity index (χ1n) is 8.41. The highest BCUT2D eigenvalue weighted by molar-refractivity contribution is 8.18. The van der Waals surface area contributed by atoms with E-state index in [1.807, 2.05) is 42.5 Å². The van der Waals surface area contributed by atoms with Crippen molar-refractivity contribution in [3.8, 4) is 0 Å². The molecule has 1 fully saturated rings. The molecule has 2 aromatic carbocycles. The minimum Gasteiger partial charge on any atom is -0.450 e. The third-order valence-electron chi connectivity index (χ3n) is 3.94. The third-order valence-corrected chi connectivity index (χ3v) is 6.01. The predicted octanol–water partition coefficient (Wildman–Crippen LogP) is 6.32. The Morgan fingerprint density at radius 1 is 1.04 bits per heavy atom. The molecule has 1 aliphatic rings. The minimum atomic E-state index is -0.330. The number of furan rings is 1. The Bertz CT molecular complexity index is 1060. The molecule has 7 heteroatoms. The van der Waals surface area contributed by atoms with Gasteiger partial charge in [-0.1, -0.05) is 53.7 Å². The van der Waals surface area contributed by atoms with Crippen LogP contribution in [0, 0.1) is 0 Å². The van der Waals surface area contributed by atoms with Gasteiger partial charge in [-0.3, -0.25) is 14.5 Å². The van der Waals surface area contributed by atoms with E-state index in [4.69, 9.17) is 16.0 Å². The lowest BCUT2D eigenvalue weighted by Gasteiger charge is -2.12. The highest BCUT2D eigenvalue weighted by atomic mass is 35.5. The Hall–Kier alpha value is -2.41. The van der Waals surface area contributed by atoms with E-state index < -0.39 is 0 Å². The number of rotatable bonds is 5. The summed E-state index contributed by atoms with van der Waals surface area (Å²) in [6.07, 6.45) is 1.61. The summed E-state index contributed by atoms with van der Waals surface area (Å²) in [5.41, 5.74) is 0.801. The quantitative estimate of drug-likeness (QED) is 0.446. The molecule has 2 amide bonds. The van der Waals surface area contributed by atoms with Crippen LogP contribution in [0.2, 0.25) is 5.02 Å². The molecule has 28 heavy (non-hydrogen) atoms. The van der Waals surface area contributed by atoms with E-state index in [9.17, 15) is 9.59 Å². The Morgan fingerprint density at radius 2 is 1.86 bits per heavy atom. The van der Waals surface area contributed by atoms with Gasteiger partial charge in [-0.05, 0) is 53.7 Å². The lowest BCUT2D eigenvalue weighted by molar-refractivity contribution is -0.123. The van der Waals surface area contributed by atoms with Crippen LogP contribution in [-0.2, 0) is 11.3 Å². The zero-order valence-electron chi connectivity index (χ0n) is 14.5. The number of amides is 2. The van der Waals surface area contributed by atoms with Crippen LogP contribution in [0.1, 0.15) is 11.3 Å². The number of thioether (sulfide) groups is 1. The summed E-state index contributed by atoms with van der Waals surface area (Å²) in [5.74, 6) is 0.204. The topological polar surface area (TPSA) is 50.5 Å². The van der Waals surface area contributed by atoms with Crippen LogP contribution >= 0.6 is 35.1 Å². The first kappa shape index (κ1) is 18.9. The van der Waals surface area contributed by atoms with Crippen molar-refractivity contribution in [2.45, 2.75) is 16.5 Å². The van der Waals surface area contributed by atoms with E-state index in [2.05, 4.69) is 0 Å². The molecule has 1 aliphatic heterocycles. The van der Waals surface area contributed by atoms with Crippen LogP contribution in [-0.4, -0.2) is 16.0 Å². The maximum Gasteiger partial charge on any atom is 0.293 e. The summed E-state index contributed by atoms with van der Waals surface area (Å²) in [7, 11) is 0. The van der Waals surface area contributed by atoms with E-state index in [1.54, 1.807) is 30.3 Å². The van der Waals surface area contributed by atoms with Gasteiger partial charge in [0.05, 0.1) is 11.4 Å². The fraction of sp³-hybridized carbons (Fsp3) is 0.0476. The molecule has 1 aromatic heterocycles. The average Bonchev–Trinajstić information content (AvgIpc) is 3.22. The smallest absolute Gasteiger partial charge is 0.293 e. The van der Waals surface area contributed by atoms with Crippen LogP contribution < -0.4 is 0 Å². The molecule has 0 saturated carbocycles. The molecule has 0 spiro atoms. The second kappa shape index (κ2) is 8.31. The molecule has 0 unspecified atom stereocenters. The minimum absolute atomic E-state index is 0.190. The second-order valence-electron chi connectivity index (χ2n) is 5.97. The van der Waals surface area contributed by atoms with Crippen molar-refractivity contribution in [1.29, 1.82) is 0 Å². The number of carbonyl (C=O) groups is 2. The van der Waals surface area contributed by atoms with Gasteiger partial charge in [0.15, 0.2) is 5.09 Å². The second-order valence-corrected chi connectivity index (χ2v) is 8.48. The van der Waals surface area contributed by atoms with Gasteiger partial charge in [0.25, 0.3) is 11.1 Å². The molecule has 140 valence electrons. The van der Waals surface area contributed by atoms with Crippen LogP contribution in [0.25, 0.3) is 6.08 Å². The molecular formula is C21H14ClNO3S2. The van der Waals surface area contributed by atoms with E-state index in [1.165, 1.54) is 16.7 Å². The lowest BCUT2D eigenvalue weighted by Crippen LogP contribution is -2.27. The van der Waals surface area contributed by atoms with Crippen molar-refractivity contribution in [3.63, 3.8) is 0 Å². The summed E-state index contributed by atoms with van der Waals surface area (Å²) in [4.78, 5) is 27.5. The number of halogens is 1. The molecule has 0 N–H and O–H groups in total. The van der Waals surface area contributed by atoms with Gasteiger partial charge < -0.3 is 4.42 Å². The number of benzene rings is 2. The van der Waals surface area contributed by atoms with Crippen molar-refractivity contribution >= 4 is 52.3 Å². The number of hydrogen-bond donors (Lipinski definition) is 0. The predicted molar refractivity (Wildman–Crippen MR) is 112 cm³/mol. The largest absolute Gasteiger partial charge is 0.450 e. The van der Waals surface area contributed by atoms with E-state index in [-0.39, 0.29) is 17.7 Å². The molecular weight excluding hydrogens is 414 g/mol. The lowest BCUT2D eigenvalue weighted by atomic mass is 10.2. The maximum atomic E-state index is 12.6. The van der Waals surface area contributed by atoms with E-state index in [0.29, 0.717) is 15.7 Å². The van der Waals surface area contributed by atoms with Gasteiger partial charge in [0.2, 0.25) is 0 Å². The van der Waals surface area contributed by atoms with Crippen molar-refractivity contribution in [3.05, 3.63) is 88.0 Å². The first-order chi connectivity index (χ1) is 13.6. The number of carbonyl (C=O) groups excluding carboxylic acids is 2. The van der Waals surface area contributed by atoms with Gasteiger partial charge in [0, 0.05) is 16.0 Å². The summed E-state index contributed by atoms with van der Waals surface area (Å²) < 4.78 is 5.78. The Labute approximate surface area is 175 Å². The fourth-order valence-corrected chi connectivity index (χ4v) is 4.49. The number of imide groups is 1. The normalized spacial score (nSPS) is 15.6. The van der Waals surface area contributed by atoms with Gasteiger partial charge in [-0.15, -0.1) is 0 Å². The molecule has 0 radical (unpaired) electrons. The van der Waals surface area contributed by atoms with Gasteiger partial charge in [0.1, 0.15) is 5.76 Å². The van der Waals surface area contributed by atoms with Crippen molar-refractivity contribution in [1.82, 2.24) is 4.90 Å². The zero-order chi connectivity index (χ0) is 19.5. The highest BCUT2D eigenvalue weighted by Gasteiger charge is 2.35.